The van der Waals surface area contributed by atoms with Crippen LogP contribution in [-0.2, 0) is 16.1 Å². The van der Waals surface area contributed by atoms with Crippen LogP contribution < -0.4 is 14.8 Å². The van der Waals surface area contributed by atoms with Crippen LogP contribution in [0.3, 0.4) is 0 Å². The maximum atomic E-state index is 12.8. The van der Waals surface area contributed by atoms with Crippen molar-refractivity contribution in [3.63, 3.8) is 0 Å². The normalized spacial score (nSPS) is 16.1. The molecule has 0 saturated carbocycles. The standard InChI is InChI=1S/C23H30N2O4/c1-17-10-11-22(28-3)20(13-17)24-23(26)16-25(15-19-8-6-12-29-19)14-18-7-4-5-9-21(18)27-2/h4-5,7,9-11,13,19H,6,8,12,14-16H2,1-3H3,(H,24,26). The Balaban J connectivity index is 1.71. The molecule has 1 atom stereocenters. The number of amides is 1. The fourth-order valence-electron chi connectivity index (χ4n) is 3.65. The van der Waals surface area contributed by atoms with Gasteiger partial charge in [0.25, 0.3) is 0 Å². The van der Waals surface area contributed by atoms with Gasteiger partial charge in [0.15, 0.2) is 0 Å². The number of hydrogen-bond acceptors (Lipinski definition) is 5. The molecule has 2 aromatic rings. The van der Waals surface area contributed by atoms with Gasteiger partial charge >= 0.3 is 0 Å². The van der Waals surface area contributed by atoms with Crippen molar-refractivity contribution in [2.24, 2.45) is 0 Å². The van der Waals surface area contributed by atoms with Gasteiger partial charge in [0.05, 0.1) is 32.6 Å². The number of hydrogen-bond donors (Lipinski definition) is 1. The lowest BCUT2D eigenvalue weighted by Crippen LogP contribution is -2.38. The monoisotopic (exact) mass is 398 g/mol. The van der Waals surface area contributed by atoms with Crippen molar-refractivity contribution < 1.29 is 19.0 Å². The topological polar surface area (TPSA) is 60.0 Å². The molecular formula is C23H30N2O4. The van der Waals surface area contributed by atoms with E-state index in [1.54, 1.807) is 14.2 Å². The van der Waals surface area contributed by atoms with Crippen molar-refractivity contribution >= 4 is 11.6 Å². The molecule has 1 heterocycles. The number of nitrogens with one attached hydrogen (secondary N) is 1. The number of ether oxygens (including phenoxy) is 3. The number of carbonyl (C=O) groups is 1. The Hall–Kier alpha value is -2.57. The zero-order valence-electron chi connectivity index (χ0n) is 17.4. The minimum atomic E-state index is -0.0817. The van der Waals surface area contributed by atoms with Gasteiger partial charge in [0, 0.05) is 25.3 Å². The summed E-state index contributed by atoms with van der Waals surface area (Å²) in [4.78, 5) is 15.0. The van der Waals surface area contributed by atoms with Crippen molar-refractivity contribution in [2.45, 2.75) is 32.4 Å². The molecule has 0 radical (unpaired) electrons. The SMILES string of the molecule is COc1ccccc1CN(CC(=O)Nc1cc(C)ccc1OC)CC1CCCO1. The van der Waals surface area contributed by atoms with Crippen molar-refractivity contribution in [1.82, 2.24) is 4.90 Å². The van der Waals surface area contributed by atoms with Gasteiger partial charge in [-0.2, -0.15) is 0 Å². The quantitative estimate of drug-likeness (QED) is 0.699. The van der Waals surface area contributed by atoms with Crippen LogP contribution in [0.25, 0.3) is 0 Å². The van der Waals surface area contributed by atoms with Crippen molar-refractivity contribution in [1.29, 1.82) is 0 Å². The Labute approximate surface area is 172 Å². The number of nitrogens with zero attached hydrogens (tertiary/aromatic N) is 1. The Morgan fingerprint density at radius 3 is 2.69 bits per heavy atom. The highest BCUT2D eigenvalue weighted by Crippen LogP contribution is 2.26. The van der Waals surface area contributed by atoms with E-state index >= 15 is 0 Å². The minimum absolute atomic E-state index is 0.0817. The van der Waals surface area contributed by atoms with Crippen LogP contribution in [-0.4, -0.2) is 50.8 Å². The average molecular weight is 399 g/mol. The second kappa shape index (κ2) is 10.3. The molecule has 6 nitrogen and oxygen atoms in total. The molecule has 1 saturated heterocycles. The smallest absolute Gasteiger partial charge is 0.238 e. The zero-order valence-corrected chi connectivity index (χ0v) is 17.4. The zero-order chi connectivity index (χ0) is 20.6. The number of para-hydroxylation sites is 1. The molecule has 1 fully saturated rings. The van der Waals surface area contributed by atoms with Crippen LogP contribution in [0, 0.1) is 6.92 Å². The Morgan fingerprint density at radius 2 is 1.97 bits per heavy atom. The highest BCUT2D eigenvalue weighted by Gasteiger charge is 2.22. The molecule has 6 heteroatoms. The summed E-state index contributed by atoms with van der Waals surface area (Å²) >= 11 is 0. The van der Waals surface area contributed by atoms with Gasteiger partial charge < -0.3 is 19.5 Å². The van der Waals surface area contributed by atoms with E-state index < -0.39 is 0 Å². The predicted molar refractivity (Wildman–Crippen MR) is 114 cm³/mol. The van der Waals surface area contributed by atoms with E-state index in [1.807, 2.05) is 49.4 Å². The summed E-state index contributed by atoms with van der Waals surface area (Å²) in [5.41, 5.74) is 2.80. The number of methoxy groups -OCH3 is 2. The van der Waals surface area contributed by atoms with E-state index in [1.165, 1.54) is 0 Å². The summed E-state index contributed by atoms with van der Waals surface area (Å²) in [5, 5.41) is 2.99. The largest absolute Gasteiger partial charge is 0.496 e. The number of benzene rings is 2. The minimum Gasteiger partial charge on any atom is -0.496 e. The molecule has 3 rings (SSSR count). The lowest BCUT2D eigenvalue weighted by molar-refractivity contribution is -0.117. The summed E-state index contributed by atoms with van der Waals surface area (Å²) in [6.07, 6.45) is 2.25. The molecule has 1 aliphatic heterocycles. The summed E-state index contributed by atoms with van der Waals surface area (Å²) < 4.78 is 16.7. The maximum absolute atomic E-state index is 12.8. The molecular weight excluding hydrogens is 368 g/mol. The third kappa shape index (κ3) is 5.95. The van der Waals surface area contributed by atoms with Gasteiger partial charge in [-0.1, -0.05) is 24.3 Å². The van der Waals surface area contributed by atoms with E-state index in [0.29, 0.717) is 24.5 Å². The molecule has 2 aromatic carbocycles. The first-order chi connectivity index (χ1) is 14.1. The number of anilines is 1. The molecule has 1 unspecified atom stereocenters. The van der Waals surface area contributed by atoms with Gasteiger partial charge in [0.2, 0.25) is 5.91 Å². The van der Waals surface area contributed by atoms with Crippen LogP contribution in [0.1, 0.15) is 24.0 Å². The van der Waals surface area contributed by atoms with Gasteiger partial charge in [-0.05, 0) is 43.5 Å². The Bertz CT molecular complexity index is 818. The van der Waals surface area contributed by atoms with Gasteiger partial charge in [-0.25, -0.2) is 0 Å². The van der Waals surface area contributed by atoms with Gasteiger partial charge in [0.1, 0.15) is 11.5 Å². The van der Waals surface area contributed by atoms with E-state index in [4.69, 9.17) is 14.2 Å². The molecule has 1 N–H and O–H groups in total. The van der Waals surface area contributed by atoms with E-state index in [-0.39, 0.29) is 18.6 Å². The molecule has 0 aromatic heterocycles. The highest BCUT2D eigenvalue weighted by atomic mass is 16.5. The number of carbonyl (C=O) groups excluding carboxylic acids is 1. The fourth-order valence-corrected chi connectivity index (χ4v) is 3.65. The fraction of sp³-hybridized carbons (Fsp3) is 0.435. The van der Waals surface area contributed by atoms with Crippen LogP contribution in [0.5, 0.6) is 11.5 Å². The first-order valence-corrected chi connectivity index (χ1v) is 9.99. The third-order valence-electron chi connectivity index (χ3n) is 5.07. The Morgan fingerprint density at radius 1 is 1.17 bits per heavy atom. The van der Waals surface area contributed by atoms with Crippen LogP contribution in [0.2, 0.25) is 0 Å². The van der Waals surface area contributed by atoms with Crippen LogP contribution >= 0.6 is 0 Å². The van der Waals surface area contributed by atoms with Crippen molar-refractivity contribution in [3.05, 3.63) is 53.6 Å². The molecule has 1 amide bonds. The van der Waals surface area contributed by atoms with E-state index in [0.717, 1.165) is 36.3 Å². The second-order valence-corrected chi connectivity index (χ2v) is 7.37. The molecule has 0 bridgehead atoms. The summed E-state index contributed by atoms with van der Waals surface area (Å²) in [6.45, 7) is 4.36. The third-order valence-corrected chi connectivity index (χ3v) is 5.07. The second-order valence-electron chi connectivity index (χ2n) is 7.37. The summed E-state index contributed by atoms with van der Waals surface area (Å²) in [7, 11) is 3.27. The van der Waals surface area contributed by atoms with Crippen molar-refractivity contribution in [3.8, 4) is 11.5 Å². The molecule has 0 aliphatic carbocycles. The molecule has 0 spiro atoms. The number of rotatable bonds is 9. The van der Waals surface area contributed by atoms with E-state index in [9.17, 15) is 4.79 Å². The number of aryl methyl sites for hydroxylation is 1. The summed E-state index contributed by atoms with van der Waals surface area (Å²) in [5.74, 6) is 1.40. The first kappa shape index (κ1) is 21.1. The highest BCUT2D eigenvalue weighted by molar-refractivity contribution is 5.93. The van der Waals surface area contributed by atoms with Crippen LogP contribution in [0.4, 0.5) is 5.69 Å². The maximum Gasteiger partial charge on any atom is 0.238 e. The van der Waals surface area contributed by atoms with Crippen LogP contribution in [0.15, 0.2) is 42.5 Å². The average Bonchev–Trinajstić information content (AvgIpc) is 3.21. The molecule has 1 aliphatic rings. The molecule has 156 valence electrons. The van der Waals surface area contributed by atoms with E-state index in [2.05, 4.69) is 10.2 Å². The van der Waals surface area contributed by atoms with Crippen molar-refractivity contribution in [2.75, 3.05) is 39.2 Å². The lowest BCUT2D eigenvalue weighted by atomic mass is 10.1. The lowest BCUT2D eigenvalue weighted by Gasteiger charge is -2.25. The van der Waals surface area contributed by atoms with Gasteiger partial charge in [-0.15, -0.1) is 0 Å². The molecule has 29 heavy (non-hydrogen) atoms. The first-order valence-electron chi connectivity index (χ1n) is 9.99. The van der Waals surface area contributed by atoms with Gasteiger partial charge in [-0.3, -0.25) is 9.69 Å². The Kier molecular flexibility index (Phi) is 7.49. The summed E-state index contributed by atoms with van der Waals surface area (Å²) in [6, 6.07) is 13.6. The predicted octanol–water partition coefficient (Wildman–Crippen LogP) is 3.63.